The van der Waals surface area contributed by atoms with Gasteiger partial charge in [-0.05, 0) is 29.7 Å². The van der Waals surface area contributed by atoms with Gasteiger partial charge in [-0.15, -0.1) is 0 Å². The zero-order valence-electron chi connectivity index (χ0n) is 12.1. The van der Waals surface area contributed by atoms with Gasteiger partial charge >= 0.3 is 5.69 Å². The fraction of sp³-hybridized carbons (Fsp3) is 0.357. The van der Waals surface area contributed by atoms with Crippen LogP contribution in [0, 0.1) is 15.5 Å². The predicted octanol–water partition coefficient (Wildman–Crippen LogP) is 3.60. The van der Waals surface area contributed by atoms with Gasteiger partial charge in [0, 0.05) is 11.4 Å². The maximum atomic E-state index is 11.3. The Bertz CT molecular complexity index is 672. The summed E-state index contributed by atoms with van der Waals surface area (Å²) in [6.07, 6.45) is 0.466. The second-order valence-corrected chi connectivity index (χ2v) is 6.50. The molecule has 0 amide bonds. The normalized spacial score (nSPS) is 11.6. The van der Waals surface area contributed by atoms with Gasteiger partial charge in [-0.2, -0.15) is 5.10 Å². The summed E-state index contributed by atoms with van der Waals surface area (Å²) in [5.41, 5.74) is 6.69. The molecule has 6 nitrogen and oxygen atoms in total. The molecule has 0 saturated carbocycles. The largest absolute Gasteiger partial charge is 0.378 e. The van der Waals surface area contributed by atoms with Gasteiger partial charge < -0.3 is 5.73 Å². The van der Waals surface area contributed by atoms with Crippen LogP contribution in [-0.4, -0.2) is 14.7 Å². The van der Waals surface area contributed by atoms with Gasteiger partial charge in [-0.1, -0.05) is 32.4 Å². The first kappa shape index (κ1) is 15.3. The molecule has 0 saturated heterocycles. The molecule has 0 spiro atoms. The second-order valence-electron chi connectivity index (χ2n) is 6.06. The summed E-state index contributed by atoms with van der Waals surface area (Å²) < 4.78 is 1.38. The van der Waals surface area contributed by atoms with Gasteiger partial charge in [0.15, 0.2) is 0 Å². The average molecular weight is 309 g/mol. The molecule has 1 aromatic carbocycles. The van der Waals surface area contributed by atoms with Crippen LogP contribution in [-0.2, 0) is 6.42 Å². The van der Waals surface area contributed by atoms with E-state index in [9.17, 15) is 10.1 Å². The van der Waals surface area contributed by atoms with Gasteiger partial charge in [-0.25, -0.2) is 4.68 Å². The Morgan fingerprint density at radius 2 is 1.90 bits per heavy atom. The lowest BCUT2D eigenvalue weighted by atomic mass is 9.90. The predicted molar refractivity (Wildman–Crippen MR) is 82.8 cm³/mol. The Hall–Kier alpha value is -2.08. The molecular weight excluding hydrogens is 292 g/mol. The van der Waals surface area contributed by atoms with Crippen molar-refractivity contribution in [1.82, 2.24) is 9.78 Å². The molecule has 0 aliphatic rings. The zero-order valence-corrected chi connectivity index (χ0v) is 12.9. The maximum Gasteiger partial charge on any atom is 0.334 e. The minimum Gasteiger partial charge on any atom is -0.378 e. The highest BCUT2D eigenvalue weighted by Crippen LogP contribution is 2.33. The molecule has 2 aromatic rings. The van der Waals surface area contributed by atoms with Crippen molar-refractivity contribution >= 4 is 23.1 Å². The molecule has 7 heteroatoms. The summed E-state index contributed by atoms with van der Waals surface area (Å²) in [5, 5.41) is 16.2. The maximum absolute atomic E-state index is 11.3. The lowest BCUT2D eigenvalue weighted by Crippen LogP contribution is -2.11. The van der Waals surface area contributed by atoms with E-state index in [1.54, 1.807) is 24.3 Å². The van der Waals surface area contributed by atoms with Crippen LogP contribution in [0.5, 0.6) is 0 Å². The van der Waals surface area contributed by atoms with E-state index in [0.717, 1.165) is 0 Å². The number of nitrogen functional groups attached to an aromatic ring is 1. The molecule has 2 rings (SSSR count). The quantitative estimate of drug-likeness (QED) is 0.693. The van der Waals surface area contributed by atoms with Crippen molar-refractivity contribution in [2.24, 2.45) is 5.41 Å². The summed E-state index contributed by atoms with van der Waals surface area (Å²) in [6, 6.07) is 6.81. The molecule has 112 valence electrons. The monoisotopic (exact) mass is 308 g/mol. The topological polar surface area (TPSA) is 87.0 Å². The standard InChI is InChI=1S/C14H17ClN4O2/c1-14(2,3)8-11-12(19(20)21)13(16)18(17-11)10-6-4-9(15)5-7-10/h4-7H,8,16H2,1-3H3. The molecule has 0 radical (unpaired) electrons. The third-order valence-corrected chi connectivity index (χ3v) is 3.17. The highest BCUT2D eigenvalue weighted by molar-refractivity contribution is 6.30. The van der Waals surface area contributed by atoms with Crippen molar-refractivity contribution < 1.29 is 4.92 Å². The van der Waals surface area contributed by atoms with Crippen LogP contribution in [0.25, 0.3) is 5.69 Å². The van der Waals surface area contributed by atoms with Crippen LogP contribution in [0.15, 0.2) is 24.3 Å². The fourth-order valence-corrected chi connectivity index (χ4v) is 2.20. The van der Waals surface area contributed by atoms with Crippen LogP contribution in [0.2, 0.25) is 5.02 Å². The minimum atomic E-state index is -0.476. The molecule has 0 atom stereocenters. The van der Waals surface area contributed by atoms with Crippen LogP contribution >= 0.6 is 11.6 Å². The van der Waals surface area contributed by atoms with Crippen molar-refractivity contribution in [1.29, 1.82) is 0 Å². The first-order chi connectivity index (χ1) is 9.69. The van der Waals surface area contributed by atoms with Gasteiger partial charge in [0.2, 0.25) is 5.82 Å². The van der Waals surface area contributed by atoms with E-state index in [1.165, 1.54) is 4.68 Å². The Kier molecular flexibility index (Phi) is 3.91. The van der Waals surface area contributed by atoms with Gasteiger partial charge in [0.05, 0.1) is 10.6 Å². The fourth-order valence-electron chi connectivity index (χ4n) is 2.07. The molecule has 0 aliphatic heterocycles. The van der Waals surface area contributed by atoms with E-state index >= 15 is 0 Å². The molecule has 0 fully saturated rings. The molecule has 21 heavy (non-hydrogen) atoms. The van der Waals surface area contributed by atoms with Crippen molar-refractivity contribution in [3.05, 3.63) is 45.1 Å². The van der Waals surface area contributed by atoms with Crippen molar-refractivity contribution in [2.45, 2.75) is 27.2 Å². The smallest absolute Gasteiger partial charge is 0.334 e. The number of nitro groups is 1. The number of halogens is 1. The SMILES string of the molecule is CC(C)(C)Cc1nn(-c2ccc(Cl)cc2)c(N)c1[N+](=O)[O-]. The second kappa shape index (κ2) is 5.37. The number of rotatable bonds is 3. The number of hydrogen-bond acceptors (Lipinski definition) is 4. The number of nitrogens with two attached hydrogens (primary N) is 1. The molecule has 1 heterocycles. The van der Waals surface area contributed by atoms with Gasteiger partial charge in [0.1, 0.15) is 5.69 Å². The number of anilines is 1. The van der Waals surface area contributed by atoms with E-state index in [-0.39, 0.29) is 16.9 Å². The summed E-state index contributed by atoms with van der Waals surface area (Å²) in [7, 11) is 0. The molecule has 1 aromatic heterocycles. The van der Waals surface area contributed by atoms with Crippen LogP contribution in [0.4, 0.5) is 11.5 Å². The Balaban J connectivity index is 2.56. The average Bonchev–Trinajstić information content (AvgIpc) is 2.65. The molecule has 0 aliphatic carbocycles. The molecule has 0 bridgehead atoms. The summed E-state index contributed by atoms with van der Waals surface area (Å²) in [6.45, 7) is 5.98. The van der Waals surface area contributed by atoms with Crippen molar-refractivity contribution in [3.8, 4) is 5.69 Å². The van der Waals surface area contributed by atoms with E-state index in [2.05, 4.69) is 5.10 Å². The number of benzene rings is 1. The first-order valence-electron chi connectivity index (χ1n) is 6.47. The highest BCUT2D eigenvalue weighted by Gasteiger charge is 2.29. The van der Waals surface area contributed by atoms with E-state index in [1.807, 2.05) is 20.8 Å². The Labute approximate surface area is 127 Å². The highest BCUT2D eigenvalue weighted by atomic mass is 35.5. The van der Waals surface area contributed by atoms with Crippen LogP contribution in [0.1, 0.15) is 26.5 Å². The first-order valence-corrected chi connectivity index (χ1v) is 6.84. The van der Waals surface area contributed by atoms with Crippen molar-refractivity contribution in [2.75, 3.05) is 5.73 Å². The number of aromatic nitrogens is 2. The minimum absolute atomic E-state index is 0.0292. The lowest BCUT2D eigenvalue weighted by molar-refractivity contribution is -0.384. The third kappa shape index (κ3) is 3.33. The lowest BCUT2D eigenvalue weighted by Gasteiger charge is -2.15. The Morgan fingerprint density at radius 3 is 2.38 bits per heavy atom. The van der Waals surface area contributed by atoms with E-state index in [4.69, 9.17) is 17.3 Å². The van der Waals surface area contributed by atoms with Crippen LogP contribution in [0.3, 0.4) is 0 Å². The molecule has 2 N–H and O–H groups in total. The van der Waals surface area contributed by atoms with E-state index < -0.39 is 4.92 Å². The van der Waals surface area contributed by atoms with Gasteiger partial charge in [-0.3, -0.25) is 10.1 Å². The van der Waals surface area contributed by atoms with E-state index in [0.29, 0.717) is 22.8 Å². The molecule has 0 unspecified atom stereocenters. The summed E-state index contributed by atoms with van der Waals surface area (Å²) >= 11 is 5.84. The summed E-state index contributed by atoms with van der Waals surface area (Å²) in [4.78, 5) is 10.8. The summed E-state index contributed by atoms with van der Waals surface area (Å²) in [5.74, 6) is 0.0292. The third-order valence-electron chi connectivity index (χ3n) is 2.92. The van der Waals surface area contributed by atoms with Crippen LogP contribution < -0.4 is 5.73 Å². The Morgan fingerprint density at radius 1 is 1.33 bits per heavy atom. The number of nitrogens with zero attached hydrogens (tertiary/aromatic N) is 3. The molecular formula is C14H17ClN4O2. The van der Waals surface area contributed by atoms with Crippen molar-refractivity contribution in [3.63, 3.8) is 0 Å². The zero-order chi connectivity index (χ0) is 15.8. The number of hydrogen-bond donors (Lipinski definition) is 1. The van der Waals surface area contributed by atoms with Gasteiger partial charge in [0.25, 0.3) is 0 Å².